The molecule has 186 valence electrons. The first-order valence-electron chi connectivity index (χ1n) is 12.2. The quantitative estimate of drug-likeness (QED) is 0.635. The molecule has 1 saturated heterocycles. The number of rotatable bonds is 6. The Bertz CT molecular complexity index is 1240. The summed E-state index contributed by atoms with van der Waals surface area (Å²) in [7, 11) is -3.67. The molecular formula is C26H30ClN3O4S. The largest absolute Gasteiger partial charge is 0.352 e. The van der Waals surface area contributed by atoms with Gasteiger partial charge in [0.1, 0.15) is 0 Å². The second-order valence-corrected chi connectivity index (χ2v) is 12.2. The SMILES string of the molecule is C[C@H]1Cc2cc(S(=O)(=O)N3CCC(C(=O)NCc4ccc(Cl)cc4)CC3)ccc2N1C(=O)C1CC1. The lowest BCUT2D eigenvalue weighted by Crippen LogP contribution is -2.42. The molecule has 7 nitrogen and oxygen atoms in total. The number of fused-ring (bicyclic) bond motifs is 1. The maximum atomic E-state index is 13.4. The molecule has 2 fully saturated rings. The molecule has 3 aliphatic rings. The van der Waals surface area contributed by atoms with E-state index in [2.05, 4.69) is 5.32 Å². The number of anilines is 1. The van der Waals surface area contributed by atoms with E-state index >= 15 is 0 Å². The Morgan fingerprint density at radius 3 is 2.34 bits per heavy atom. The Morgan fingerprint density at radius 2 is 1.69 bits per heavy atom. The summed E-state index contributed by atoms with van der Waals surface area (Å²) in [5.41, 5.74) is 2.71. The number of halogens is 1. The van der Waals surface area contributed by atoms with E-state index in [4.69, 9.17) is 11.6 Å². The van der Waals surface area contributed by atoms with Crippen LogP contribution >= 0.6 is 11.6 Å². The number of hydrogen-bond donors (Lipinski definition) is 1. The highest BCUT2D eigenvalue weighted by atomic mass is 35.5. The molecule has 2 aromatic rings. The summed E-state index contributed by atoms with van der Waals surface area (Å²) in [6, 6.07) is 12.5. The second kappa shape index (κ2) is 9.56. The molecule has 5 rings (SSSR count). The van der Waals surface area contributed by atoms with Crippen molar-refractivity contribution in [2.45, 2.75) is 56.5 Å². The molecule has 1 aliphatic carbocycles. The zero-order valence-electron chi connectivity index (χ0n) is 19.7. The van der Waals surface area contributed by atoms with Gasteiger partial charge in [0.25, 0.3) is 0 Å². The van der Waals surface area contributed by atoms with Crippen molar-refractivity contribution in [1.82, 2.24) is 9.62 Å². The molecule has 1 saturated carbocycles. The van der Waals surface area contributed by atoms with Crippen LogP contribution in [-0.2, 0) is 32.6 Å². The lowest BCUT2D eigenvalue weighted by molar-refractivity contribution is -0.126. The Kier molecular flexibility index (Phi) is 6.63. The Hall–Kier alpha value is -2.42. The van der Waals surface area contributed by atoms with Crippen LogP contribution in [0.5, 0.6) is 0 Å². The van der Waals surface area contributed by atoms with Gasteiger partial charge in [0.05, 0.1) is 4.90 Å². The fraction of sp³-hybridized carbons (Fsp3) is 0.462. The molecule has 0 aromatic heterocycles. The van der Waals surface area contributed by atoms with E-state index in [0.29, 0.717) is 43.9 Å². The van der Waals surface area contributed by atoms with Crippen LogP contribution < -0.4 is 10.2 Å². The summed E-state index contributed by atoms with van der Waals surface area (Å²) >= 11 is 5.90. The van der Waals surface area contributed by atoms with Crippen LogP contribution in [0.1, 0.15) is 43.7 Å². The molecule has 1 atom stereocenters. The maximum Gasteiger partial charge on any atom is 0.243 e. The van der Waals surface area contributed by atoms with E-state index in [1.165, 1.54) is 4.31 Å². The standard InChI is InChI=1S/C26H30ClN3O4S/c1-17-14-21-15-23(8-9-24(21)30(17)26(32)20-4-5-20)35(33,34)29-12-10-19(11-13-29)25(31)28-16-18-2-6-22(27)7-3-18/h2-3,6-9,15,17,19-20H,4-5,10-14,16H2,1H3,(H,28,31)/t17-/m0/s1. The second-order valence-electron chi connectivity index (χ2n) is 9.85. The first kappa shape index (κ1) is 24.3. The average molecular weight is 516 g/mol. The fourth-order valence-electron chi connectivity index (χ4n) is 5.07. The molecular weight excluding hydrogens is 486 g/mol. The van der Waals surface area contributed by atoms with Gasteiger partial charge in [-0.15, -0.1) is 0 Å². The van der Waals surface area contributed by atoms with Crippen LogP contribution in [0.3, 0.4) is 0 Å². The van der Waals surface area contributed by atoms with Crippen LogP contribution in [0.4, 0.5) is 5.69 Å². The molecule has 2 aromatic carbocycles. The molecule has 0 unspecified atom stereocenters. The van der Waals surface area contributed by atoms with Crippen LogP contribution in [-0.4, -0.2) is 43.7 Å². The molecule has 0 spiro atoms. The first-order chi connectivity index (χ1) is 16.7. The van der Waals surface area contributed by atoms with Crippen LogP contribution in [0.25, 0.3) is 0 Å². The summed E-state index contributed by atoms with van der Waals surface area (Å²) in [6.07, 6.45) is 3.51. The minimum atomic E-state index is -3.67. The number of carbonyl (C=O) groups excluding carboxylic acids is 2. The minimum absolute atomic E-state index is 0.0400. The van der Waals surface area contributed by atoms with E-state index < -0.39 is 10.0 Å². The van der Waals surface area contributed by atoms with Gasteiger partial charge in [0.2, 0.25) is 21.8 Å². The summed E-state index contributed by atoms with van der Waals surface area (Å²) in [4.78, 5) is 27.4. The highest BCUT2D eigenvalue weighted by molar-refractivity contribution is 7.89. The van der Waals surface area contributed by atoms with Crippen molar-refractivity contribution in [3.8, 4) is 0 Å². The summed E-state index contributed by atoms with van der Waals surface area (Å²) in [5.74, 6) is 0.0142. The van der Waals surface area contributed by atoms with Gasteiger partial charge in [0, 0.05) is 48.2 Å². The monoisotopic (exact) mass is 515 g/mol. The van der Waals surface area contributed by atoms with Gasteiger partial charge >= 0.3 is 0 Å². The van der Waals surface area contributed by atoms with Crippen molar-refractivity contribution >= 4 is 39.1 Å². The van der Waals surface area contributed by atoms with E-state index in [1.54, 1.807) is 30.3 Å². The molecule has 2 amide bonds. The van der Waals surface area contributed by atoms with Gasteiger partial charge < -0.3 is 10.2 Å². The molecule has 9 heteroatoms. The van der Waals surface area contributed by atoms with Crippen LogP contribution in [0.2, 0.25) is 5.02 Å². The molecule has 35 heavy (non-hydrogen) atoms. The van der Waals surface area contributed by atoms with Crippen molar-refractivity contribution in [3.63, 3.8) is 0 Å². The van der Waals surface area contributed by atoms with E-state index in [0.717, 1.165) is 29.7 Å². The number of sulfonamides is 1. The summed E-state index contributed by atoms with van der Waals surface area (Å²) in [6.45, 7) is 3.04. The number of nitrogens with zero attached hydrogens (tertiary/aromatic N) is 2. The van der Waals surface area contributed by atoms with Crippen molar-refractivity contribution < 1.29 is 18.0 Å². The van der Waals surface area contributed by atoms with Gasteiger partial charge in [-0.05, 0) is 80.5 Å². The average Bonchev–Trinajstić information content (AvgIpc) is 3.65. The van der Waals surface area contributed by atoms with Crippen LogP contribution in [0.15, 0.2) is 47.4 Å². The number of piperidine rings is 1. The first-order valence-corrected chi connectivity index (χ1v) is 14.0. The van der Waals surface area contributed by atoms with E-state index in [-0.39, 0.29) is 34.6 Å². The van der Waals surface area contributed by atoms with E-state index in [1.807, 2.05) is 24.0 Å². The van der Waals surface area contributed by atoms with Gasteiger partial charge in [-0.2, -0.15) is 4.31 Å². The Morgan fingerprint density at radius 1 is 1.00 bits per heavy atom. The summed E-state index contributed by atoms with van der Waals surface area (Å²) < 4.78 is 28.2. The highest BCUT2D eigenvalue weighted by Gasteiger charge is 2.40. The zero-order valence-corrected chi connectivity index (χ0v) is 21.3. The van der Waals surface area contributed by atoms with Crippen molar-refractivity contribution in [1.29, 1.82) is 0 Å². The van der Waals surface area contributed by atoms with Gasteiger partial charge in [-0.25, -0.2) is 8.42 Å². The lowest BCUT2D eigenvalue weighted by atomic mass is 9.97. The Balaban J connectivity index is 1.20. The van der Waals surface area contributed by atoms with Crippen molar-refractivity contribution in [2.24, 2.45) is 11.8 Å². The van der Waals surface area contributed by atoms with Crippen LogP contribution in [0, 0.1) is 11.8 Å². The van der Waals surface area contributed by atoms with Gasteiger partial charge in [-0.1, -0.05) is 23.7 Å². The van der Waals surface area contributed by atoms with Crippen molar-refractivity contribution in [3.05, 3.63) is 58.6 Å². The topological polar surface area (TPSA) is 86.8 Å². The van der Waals surface area contributed by atoms with Gasteiger partial charge in [-0.3, -0.25) is 9.59 Å². The number of benzene rings is 2. The highest BCUT2D eigenvalue weighted by Crippen LogP contribution is 2.40. The molecule has 2 aliphatic heterocycles. The summed E-state index contributed by atoms with van der Waals surface area (Å²) in [5, 5.41) is 3.60. The third kappa shape index (κ3) is 4.97. The molecule has 0 radical (unpaired) electrons. The minimum Gasteiger partial charge on any atom is -0.352 e. The third-order valence-electron chi connectivity index (χ3n) is 7.27. The maximum absolute atomic E-state index is 13.4. The molecule has 0 bridgehead atoms. The molecule has 1 N–H and O–H groups in total. The fourth-order valence-corrected chi connectivity index (χ4v) is 6.72. The third-order valence-corrected chi connectivity index (χ3v) is 9.42. The zero-order chi connectivity index (χ0) is 24.7. The van der Waals surface area contributed by atoms with Gasteiger partial charge in [0.15, 0.2) is 0 Å². The smallest absolute Gasteiger partial charge is 0.243 e. The molecule has 2 heterocycles. The Labute approximate surface area is 211 Å². The predicted molar refractivity (Wildman–Crippen MR) is 135 cm³/mol. The predicted octanol–water partition coefficient (Wildman–Crippen LogP) is 3.74. The number of carbonyl (C=O) groups is 2. The number of hydrogen-bond acceptors (Lipinski definition) is 4. The number of amides is 2. The normalized spacial score (nSPS) is 21.1. The lowest BCUT2D eigenvalue weighted by Gasteiger charge is -2.30. The van der Waals surface area contributed by atoms with E-state index in [9.17, 15) is 18.0 Å². The number of nitrogens with one attached hydrogen (secondary N) is 1. The van der Waals surface area contributed by atoms with Crippen molar-refractivity contribution in [2.75, 3.05) is 18.0 Å².